The van der Waals surface area contributed by atoms with Crippen LogP contribution in [0.3, 0.4) is 0 Å². The molecule has 0 amide bonds. The number of hydroxylamine groups is 2. The van der Waals surface area contributed by atoms with Gasteiger partial charge < -0.3 is 0 Å². The highest BCUT2D eigenvalue weighted by molar-refractivity contribution is 5.18. The summed E-state index contributed by atoms with van der Waals surface area (Å²) in [5.74, 6) is 0. The van der Waals surface area contributed by atoms with Crippen molar-refractivity contribution >= 4 is 0 Å². The maximum Gasteiger partial charge on any atom is 0.179 e. The second-order valence-electron chi connectivity index (χ2n) is 3.01. The van der Waals surface area contributed by atoms with Crippen LogP contribution in [0.5, 0.6) is 0 Å². The number of hydrogen-bond donors (Lipinski definition) is 0. The summed E-state index contributed by atoms with van der Waals surface area (Å²) in [5, 5.41) is 2.01. The van der Waals surface area contributed by atoms with Crippen LogP contribution in [0.2, 0.25) is 0 Å². The Morgan fingerprint density at radius 1 is 1.33 bits per heavy atom. The third-order valence-corrected chi connectivity index (χ3v) is 1.98. The molecule has 1 fully saturated rings. The van der Waals surface area contributed by atoms with Crippen LogP contribution in [0, 0.1) is 0 Å². The van der Waals surface area contributed by atoms with Crippen LogP contribution in [0.4, 0.5) is 0 Å². The molecule has 0 saturated carbocycles. The SMILES string of the molecule is CCCN1O[C@H]1c1ccccc1. The fraction of sp³-hybridized carbons (Fsp3) is 0.400. The maximum atomic E-state index is 5.38. The van der Waals surface area contributed by atoms with Gasteiger partial charge in [0.25, 0.3) is 0 Å². The van der Waals surface area contributed by atoms with Crippen molar-refractivity contribution in [3.8, 4) is 0 Å². The van der Waals surface area contributed by atoms with E-state index in [1.54, 1.807) is 0 Å². The topological polar surface area (TPSA) is 15.5 Å². The molecule has 12 heavy (non-hydrogen) atoms. The molecule has 0 N–H and O–H groups in total. The maximum absolute atomic E-state index is 5.38. The van der Waals surface area contributed by atoms with Gasteiger partial charge >= 0.3 is 0 Å². The Labute approximate surface area is 72.7 Å². The summed E-state index contributed by atoms with van der Waals surface area (Å²) < 4.78 is 0. The molecule has 1 heterocycles. The predicted molar refractivity (Wildman–Crippen MR) is 47.3 cm³/mol. The number of rotatable bonds is 3. The molecule has 0 aromatic heterocycles. The highest BCUT2D eigenvalue weighted by Crippen LogP contribution is 2.36. The van der Waals surface area contributed by atoms with E-state index >= 15 is 0 Å². The zero-order chi connectivity index (χ0) is 8.39. The molecular formula is C10H13NO. The minimum Gasteiger partial charge on any atom is -0.270 e. The first-order valence-electron chi connectivity index (χ1n) is 4.40. The first-order chi connectivity index (χ1) is 5.92. The van der Waals surface area contributed by atoms with Gasteiger partial charge in [-0.1, -0.05) is 37.3 Å². The summed E-state index contributed by atoms with van der Waals surface area (Å²) >= 11 is 0. The summed E-state index contributed by atoms with van der Waals surface area (Å²) in [6.07, 6.45) is 1.37. The van der Waals surface area contributed by atoms with E-state index in [-0.39, 0.29) is 6.23 Å². The van der Waals surface area contributed by atoms with Gasteiger partial charge in [-0.25, -0.2) is 0 Å². The van der Waals surface area contributed by atoms with Gasteiger partial charge in [0.15, 0.2) is 6.23 Å². The van der Waals surface area contributed by atoms with Crippen LogP contribution >= 0.6 is 0 Å². The van der Waals surface area contributed by atoms with Crippen LogP contribution in [0.15, 0.2) is 30.3 Å². The van der Waals surface area contributed by atoms with Gasteiger partial charge in [0, 0.05) is 6.54 Å². The van der Waals surface area contributed by atoms with Crippen molar-refractivity contribution in [3.63, 3.8) is 0 Å². The normalized spacial score (nSPS) is 27.1. The second kappa shape index (κ2) is 3.25. The lowest BCUT2D eigenvalue weighted by molar-refractivity contribution is 0.199. The number of hydrogen-bond acceptors (Lipinski definition) is 2. The van der Waals surface area contributed by atoms with Gasteiger partial charge in [0.1, 0.15) is 0 Å². The molecule has 1 unspecified atom stereocenters. The van der Waals surface area contributed by atoms with Crippen molar-refractivity contribution < 1.29 is 4.84 Å². The predicted octanol–water partition coefficient (Wildman–Crippen LogP) is 2.34. The monoisotopic (exact) mass is 163 g/mol. The summed E-state index contributed by atoms with van der Waals surface area (Å²) in [7, 11) is 0. The van der Waals surface area contributed by atoms with Gasteiger partial charge in [-0.05, 0) is 12.0 Å². The van der Waals surface area contributed by atoms with Gasteiger partial charge in [-0.3, -0.25) is 4.84 Å². The van der Waals surface area contributed by atoms with Crippen molar-refractivity contribution in [2.24, 2.45) is 0 Å². The average molecular weight is 163 g/mol. The number of nitrogens with zero attached hydrogens (tertiary/aromatic N) is 1. The summed E-state index contributed by atoms with van der Waals surface area (Å²) in [6.45, 7) is 3.18. The molecule has 0 aliphatic carbocycles. The number of benzene rings is 1. The van der Waals surface area contributed by atoms with E-state index in [4.69, 9.17) is 4.84 Å². The lowest BCUT2D eigenvalue weighted by Crippen LogP contribution is -1.98. The quantitative estimate of drug-likeness (QED) is 0.635. The molecule has 2 rings (SSSR count). The first kappa shape index (κ1) is 7.77. The zero-order valence-corrected chi connectivity index (χ0v) is 7.23. The molecule has 1 aliphatic rings. The van der Waals surface area contributed by atoms with Crippen molar-refractivity contribution in [2.75, 3.05) is 6.54 Å². The van der Waals surface area contributed by atoms with Crippen LogP contribution in [0.25, 0.3) is 0 Å². The van der Waals surface area contributed by atoms with Gasteiger partial charge in [0.2, 0.25) is 0 Å². The largest absolute Gasteiger partial charge is 0.270 e. The van der Waals surface area contributed by atoms with Crippen LogP contribution in [-0.2, 0) is 4.84 Å². The van der Waals surface area contributed by atoms with E-state index in [2.05, 4.69) is 19.1 Å². The van der Waals surface area contributed by atoms with Gasteiger partial charge in [-0.2, -0.15) is 5.06 Å². The van der Waals surface area contributed by atoms with E-state index in [9.17, 15) is 0 Å². The molecule has 1 saturated heterocycles. The van der Waals surface area contributed by atoms with E-state index in [1.807, 2.05) is 23.3 Å². The van der Waals surface area contributed by atoms with Crippen molar-refractivity contribution in [3.05, 3.63) is 35.9 Å². The van der Waals surface area contributed by atoms with Crippen molar-refractivity contribution in [1.29, 1.82) is 0 Å². The van der Waals surface area contributed by atoms with E-state index in [0.29, 0.717) is 0 Å². The average Bonchev–Trinajstić information content (AvgIpc) is 2.87. The van der Waals surface area contributed by atoms with Crippen molar-refractivity contribution in [2.45, 2.75) is 19.6 Å². The zero-order valence-electron chi connectivity index (χ0n) is 7.23. The highest BCUT2D eigenvalue weighted by Gasteiger charge is 2.36. The van der Waals surface area contributed by atoms with Crippen LogP contribution in [0.1, 0.15) is 25.1 Å². The lowest BCUT2D eigenvalue weighted by atomic mass is 10.2. The van der Waals surface area contributed by atoms with E-state index in [1.165, 1.54) is 5.56 Å². The Morgan fingerprint density at radius 3 is 2.75 bits per heavy atom. The second-order valence-corrected chi connectivity index (χ2v) is 3.01. The smallest absolute Gasteiger partial charge is 0.179 e. The fourth-order valence-electron chi connectivity index (χ4n) is 1.34. The van der Waals surface area contributed by atoms with Gasteiger partial charge in [-0.15, -0.1) is 0 Å². The summed E-state index contributed by atoms with van der Waals surface area (Å²) in [5.41, 5.74) is 1.26. The summed E-state index contributed by atoms with van der Waals surface area (Å²) in [4.78, 5) is 5.38. The molecule has 2 heteroatoms. The molecule has 1 aromatic rings. The molecule has 2 nitrogen and oxygen atoms in total. The standard InChI is InChI=1S/C10H13NO/c1-2-8-11-10(12-11)9-6-4-3-5-7-9/h3-7,10H,2,8H2,1H3/t10-,11?/m0/s1. The third-order valence-electron chi connectivity index (χ3n) is 1.98. The molecule has 0 radical (unpaired) electrons. The molecule has 1 aromatic carbocycles. The van der Waals surface area contributed by atoms with Crippen molar-refractivity contribution in [1.82, 2.24) is 5.06 Å². The first-order valence-corrected chi connectivity index (χ1v) is 4.40. The third kappa shape index (κ3) is 1.49. The Hall–Kier alpha value is -0.860. The Bertz CT molecular complexity index is 247. The molecule has 0 spiro atoms. The highest BCUT2D eigenvalue weighted by atomic mass is 16.8. The minimum absolute atomic E-state index is 0.228. The fourth-order valence-corrected chi connectivity index (χ4v) is 1.34. The van der Waals surface area contributed by atoms with Crippen LogP contribution < -0.4 is 0 Å². The Balaban J connectivity index is 1.97. The molecule has 64 valence electrons. The van der Waals surface area contributed by atoms with Gasteiger partial charge in [0.05, 0.1) is 0 Å². The molecular weight excluding hydrogens is 150 g/mol. The lowest BCUT2D eigenvalue weighted by Gasteiger charge is -1.94. The Morgan fingerprint density at radius 2 is 2.08 bits per heavy atom. The Kier molecular flexibility index (Phi) is 2.11. The minimum atomic E-state index is 0.228. The summed E-state index contributed by atoms with van der Waals surface area (Å²) in [6, 6.07) is 10.3. The molecule has 1 aliphatic heterocycles. The van der Waals surface area contributed by atoms with E-state index < -0.39 is 0 Å². The molecule has 2 atom stereocenters. The van der Waals surface area contributed by atoms with Crippen LogP contribution in [-0.4, -0.2) is 11.6 Å². The van der Waals surface area contributed by atoms with E-state index in [0.717, 1.165) is 13.0 Å². The molecule has 0 bridgehead atoms.